The number of hydrogen-bond acceptors (Lipinski definition) is 4. The molecule has 30 heavy (non-hydrogen) atoms. The molecule has 1 aromatic rings. The summed E-state index contributed by atoms with van der Waals surface area (Å²) in [6, 6.07) is 3.27. The van der Waals surface area contributed by atoms with Gasteiger partial charge >= 0.3 is 11.9 Å². The lowest BCUT2D eigenvalue weighted by molar-refractivity contribution is -0.147. The van der Waals surface area contributed by atoms with Crippen LogP contribution in [0.15, 0.2) is 12.1 Å². The molecule has 1 saturated carbocycles. The highest BCUT2D eigenvalue weighted by atomic mass is 16.4. The molecule has 6 heteroatoms. The summed E-state index contributed by atoms with van der Waals surface area (Å²) in [5, 5.41) is 38.7. The van der Waals surface area contributed by atoms with Gasteiger partial charge in [-0.1, -0.05) is 25.7 Å². The molecule has 1 aliphatic rings. The average Bonchev–Trinajstić information content (AvgIpc) is 3.45. The fraction of sp³-hybridized carbons (Fsp3) is 0.667. The van der Waals surface area contributed by atoms with Gasteiger partial charge in [0.05, 0.1) is 10.8 Å². The third-order valence-electron chi connectivity index (χ3n) is 6.52. The van der Waals surface area contributed by atoms with Crippen molar-refractivity contribution in [2.45, 2.75) is 90.9 Å². The van der Waals surface area contributed by atoms with Gasteiger partial charge in [-0.2, -0.15) is 0 Å². The van der Waals surface area contributed by atoms with Gasteiger partial charge in [0, 0.05) is 6.07 Å². The number of carboxylic acid groups (broad SMARTS) is 2. The van der Waals surface area contributed by atoms with Gasteiger partial charge < -0.3 is 20.4 Å². The first-order chi connectivity index (χ1) is 14.1. The van der Waals surface area contributed by atoms with Crippen molar-refractivity contribution in [3.63, 3.8) is 0 Å². The zero-order chi connectivity index (χ0) is 22.4. The topological polar surface area (TPSA) is 115 Å². The molecular weight excluding hydrogens is 384 g/mol. The van der Waals surface area contributed by atoms with Crippen molar-refractivity contribution in [3.05, 3.63) is 23.3 Å². The van der Waals surface area contributed by atoms with Crippen LogP contribution in [-0.4, -0.2) is 32.4 Å². The quantitative estimate of drug-likeness (QED) is 0.304. The number of aryl methyl sites for hydroxylation is 2. The zero-order valence-electron chi connectivity index (χ0n) is 18.2. The number of hydrogen-bond donors (Lipinski definition) is 4. The minimum absolute atomic E-state index is 0.0894. The summed E-state index contributed by atoms with van der Waals surface area (Å²) in [7, 11) is 0. The van der Waals surface area contributed by atoms with Crippen LogP contribution in [0, 0.1) is 10.8 Å². The molecule has 1 aliphatic carbocycles. The molecule has 0 heterocycles. The van der Waals surface area contributed by atoms with E-state index in [1.165, 1.54) is 6.07 Å². The van der Waals surface area contributed by atoms with Crippen molar-refractivity contribution in [1.82, 2.24) is 0 Å². The van der Waals surface area contributed by atoms with Gasteiger partial charge in [0.2, 0.25) is 0 Å². The van der Waals surface area contributed by atoms with Crippen molar-refractivity contribution in [2.24, 2.45) is 10.8 Å². The van der Waals surface area contributed by atoms with Gasteiger partial charge in [-0.05, 0) is 82.4 Å². The molecule has 0 aliphatic heterocycles. The summed E-state index contributed by atoms with van der Waals surface area (Å²) in [5.74, 6) is -1.26. The second-order valence-electron chi connectivity index (χ2n) is 9.51. The zero-order valence-corrected chi connectivity index (χ0v) is 18.2. The first kappa shape index (κ1) is 24.0. The number of unbranched alkanes of at least 4 members (excludes halogenated alkanes) is 4. The molecule has 0 atom stereocenters. The minimum atomic E-state index is -0.765. The summed E-state index contributed by atoms with van der Waals surface area (Å²) < 4.78 is 0. The highest BCUT2D eigenvalue weighted by Gasteiger charge is 2.49. The van der Waals surface area contributed by atoms with Gasteiger partial charge in [0.15, 0.2) is 0 Å². The number of phenolic OH excluding ortho intramolecular Hbond substituents is 2. The van der Waals surface area contributed by atoms with Crippen LogP contribution in [0.5, 0.6) is 11.5 Å². The molecule has 168 valence electrons. The van der Waals surface area contributed by atoms with Gasteiger partial charge in [0.1, 0.15) is 11.5 Å². The maximum Gasteiger partial charge on any atom is 0.309 e. The van der Waals surface area contributed by atoms with E-state index in [1.54, 1.807) is 13.8 Å². The average molecular weight is 421 g/mol. The molecule has 2 rings (SSSR count). The van der Waals surface area contributed by atoms with E-state index in [-0.39, 0.29) is 11.5 Å². The van der Waals surface area contributed by atoms with E-state index in [0.29, 0.717) is 25.7 Å². The van der Waals surface area contributed by atoms with Crippen molar-refractivity contribution in [1.29, 1.82) is 0 Å². The Morgan fingerprint density at radius 2 is 1.40 bits per heavy atom. The number of aliphatic carboxylic acids is 2. The second-order valence-corrected chi connectivity index (χ2v) is 9.51. The van der Waals surface area contributed by atoms with Crippen LogP contribution in [-0.2, 0) is 22.4 Å². The highest BCUT2D eigenvalue weighted by Crippen LogP contribution is 2.50. The molecule has 6 nitrogen and oxygen atoms in total. The maximum absolute atomic E-state index is 11.2. The van der Waals surface area contributed by atoms with Crippen molar-refractivity contribution in [2.75, 3.05) is 0 Å². The molecule has 0 spiro atoms. The molecule has 1 fully saturated rings. The molecule has 0 amide bonds. The largest absolute Gasteiger partial charge is 0.508 e. The fourth-order valence-electron chi connectivity index (χ4n) is 3.92. The van der Waals surface area contributed by atoms with E-state index < -0.39 is 22.8 Å². The molecule has 0 bridgehead atoms. The van der Waals surface area contributed by atoms with E-state index in [0.717, 1.165) is 62.5 Å². The van der Waals surface area contributed by atoms with Crippen LogP contribution in [0.4, 0.5) is 0 Å². The van der Waals surface area contributed by atoms with Crippen LogP contribution in [0.25, 0.3) is 0 Å². The third-order valence-corrected chi connectivity index (χ3v) is 6.52. The smallest absolute Gasteiger partial charge is 0.309 e. The van der Waals surface area contributed by atoms with Crippen LogP contribution in [0.2, 0.25) is 0 Å². The number of aromatic hydroxyl groups is 2. The molecule has 0 aromatic heterocycles. The van der Waals surface area contributed by atoms with Crippen LogP contribution < -0.4 is 0 Å². The molecule has 0 radical (unpaired) electrons. The van der Waals surface area contributed by atoms with Crippen molar-refractivity contribution < 1.29 is 30.0 Å². The first-order valence-electron chi connectivity index (χ1n) is 11.1. The lowest BCUT2D eigenvalue weighted by Gasteiger charge is -2.18. The lowest BCUT2D eigenvalue weighted by Crippen LogP contribution is -2.23. The predicted molar refractivity (Wildman–Crippen MR) is 115 cm³/mol. The lowest BCUT2D eigenvalue weighted by atomic mass is 9.87. The van der Waals surface area contributed by atoms with Gasteiger partial charge in [0.25, 0.3) is 0 Å². The minimum Gasteiger partial charge on any atom is -0.508 e. The summed E-state index contributed by atoms with van der Waals surface area (Å²) in [5.41, 5.74) is 0.430. The Morgan fingerprint density at radius 3 is 1.90 bits per heavy atom. The molecule has 4 N–H and O–H groups in total. The van der Waals surface area contributed by atoms with Crippen molar-refractivity contribution in [3.8, 4) is 11.5 Å². The summed E-state index contributed by atoms with van der Waals surface area (Å²) in [6.45, 7) is 3.50. The molecular formula is C24H36O6. The van der Waals surface area contributed by atoms with Gasteiger partial charge in [-0.15, -0.1) is 0 Å². The van der Waals surface area contributed by atoms with E-state index in [9.17, 15) is 24.9 Å². The summed E-state index contributed by atoms with van der Waals surface area (Å²) >= 11 is 0. The standard InChI is InChI=1S/C24H36O6/c1-23(2,21(27)28)11-7-4-3-5-9-17-15-18(20(26)16-19(17)25)10-6-8-12-24(13-14-24)22(29)30/h15-16,25-26H,3-14H2,1-2H3,(H,27,28)(H,29,30). The van der Waals surface area contributed by atoms with Crippen LogP contribution >= 0.6 is 0 Å². The highest BCUT2D eigenvalue weighted by molar-refractivity contribution is 5.77. The predicted octanol–water partition coefficient (Wildman–Crippen LogP) is 5.28. The van der Waals surface area contributed by atoms with Crippen LogP contribution in [0.3, 0.4) is 0 Å². The number of benzene rings is 1. The maximum atomic E-state index is 11.2. The van der Waals surface area contributed by atoms with Gasteiger partial charge in [-0.3, -0.25) is 9.59 Å². The molecule has 0 saturated heterocycles. The number of carboxylic acids is 2. The number of phenols is 2. The van der Waals surface area contributed by atoms with E-state index >= 15 is 0 Å². The van der Waals surface area contributed by atoms with E-state index in [1.807, 2.05) is 6.07 Å². The Bertz CT molecular complexity index is 748. The Labute approximate surface area is 178 Å². The Hall–Kier alpha value is -2.24. The number of rotatable bonds is 14. The van der Waals surface area contributed by atoms with Gasteiger partial charge in [-0.25, -0.2) is 0 Å². The Balaban J connectivity index is 1.74. The Kier molecular flexibility index (Phi) is 8.16. The van der Waals surface area contributed by atoms with E-state index in [2.05, 4.69) is 0 Å². The van der Waals surface area contributed by atoms with E-state index in [4.69, 9.17) is 5.11 Å². The summed E-state index contributed by atoms with van der Waals surface area (Å²) in [6.07, 6.45) is 9.55. The SMILES string of the molecule is CC(C)(CCCCCCc1cc(CCCCC2(C(=O)O)CC2)c(O)cc1O)C(=O)O. The third kappa shape index (κ3) is 6.64. The molecule has 1 aromatic carbocycles. The second kappa shape index (κ2) is 10.2. The normalized spacial score (nSPS) is 15.1. The molecule has 0 unspecified atom stereocenters. The first-order valence-corrected chi connectivity index (χ1v) is 11.1. The fourth-order valence-corrected chi connectivity index (χ4v) is 3.92. The summed E-state index contributed by atoms with van der Waals surface area (Å²) in [4.78, 5) is 22.4. The van der Waals surface area contributed by atoms with Crippen molar-refractivity contribution >= 4 is 11.9 Å². The monoisotopic (exact) mass is 420 g/mol. The number of carbonyl (C=O) groups is 2. The Morgan fingerprint density at radius 1 is 0.867 bits per heavy atom. The van der Waals surface area contributed by atoms with Crippen LogP contribution in [0.1, 0.15) is 89.2 Å².